The topological polar surface area (TPSA) is 33.1 Å². The van der Waals surface area contributed by atoms with Gasteiger partial charge in [0.25, 0.3) is 6.43 Å². The van der Waals surface area contributed by atoms with Crippen molar-refractivity contribution < 1.29 is 13.9 Å². The Kier molecular flexibility index (Phi) is 4.22. The first-order valence-corrected chi connectivity index (χ1v) is 5.23. The van der Waals surface area contributed by atoms with Crippen LogP contribution in [-0.4, -0.2) is 10.1 Å². The molecule has 0 amide bonds. The molecule has 0 aromatic carbocycles. The summed E-state index contributed by atoms with van der Waals surface area (Å²) in [5, 5.41) is 9.11. The Morgan fingerprint density at radius 2 is 2.21 bits per heavy atom. The van der Waals surface area contributed by atoms with E-state index in [2.05, 4.69) is 20.9 Å². The highest BCUT2D eigenvalue weighted by Gasteiger charge is 2.18. The molecule has 1 aromatic rings. The third-order valence-corrected chi connectivity index (χ3v) is 2.48. The van der Waals surface area contributed by atoms with Crippen molar-refractivity contribution in [2.75, 3.05) is 0 Å². The van der Waals surface area contributed by atoms with E-state index in [0.29, 0.717) is 11.1 Å². The van der Waals surface area contributed by atoms with Gasteiger partial charge in [-0.2, -0.15) is 0 Å². The van der Waals surface area contributed by atoms with Crippen molar-refractivity contribution in [1.29, 1.82) is 0 Å². The lowest BCUT2D eigenvalue weighted by Crippen LogP contribution is -2.02. The molecule has 0 atom stereocenters. The molecule has 0 spiro atoms. The van der Waals surface area contributed by atoms with E-state index in [9.17, 15) is 8.78 Å². The second-order valence-corrected chi connectivity index (χ2v) is 3.51. The lowest BCUT2D eigenvalue weighted by atomic mass is 10.1. The van der Waals surface area contributed by atoms with E-state index in [-0.39, 0.29) is 22.8 Å². The average molecular weight is 287 g/mol. The Morgan fingerprint density at radius 1 is 1.57 bits per heavy atom. The summed E-state index contributed by atoms with van der Waals surface area (Å²) in [6, 6.07) is 1.38. The van der Waals surface area contributed by atoms with Gasteiger partial charge in [0.2, 0.25) is 0 Å². The highest BCUT2D eigenvalue weighted by Crippen LogP contribution is 2.27. The molecule has 78 valence electrons. The van der Waals surface area contributed by atoms with E-state index in [4.69, 9.17) is 16.7 Å². The quantitative estimate of drug-likeness (QED) is 0.684. The fourth-order valence-corrected chi connectivity index (χ4v) is 1.96. The summed E-state index contributed by atoms with van der Waals surface area (Å²) in [7, 11) is 0. The Balaban J connectivity index is 3.31. The van der Waals surface area contributed by atoms with Crippen LogP contribution in [0.15, 0.2) is 6.07 Å². The fourth-order valence-electron chi connectivity index (χ4n) is 1.09. The van der Waals surface area contributed by atoms with Gasteiger partial charge in [-0.25, -0.2) is 13.8 Å². The van der Waals surface area contributed by atoms with Crippen LogP contribution in [0.2, 0.25) is 5.15 Å². The van der Waals surface area contributed by atoms with E-state index in [1.54, 1.807) is 0 Å². The Morgan fingerprint density at radius 3 is 2.64 bits per heavy atom. The van der Waals surface area contributed by atoms with E-state index in [1.807, 2.05) is 0 Å². The second kappa shape index (κ2) is 5.00. The second-order valence-electron chi connectivity index (χ2n) is 2.56. The molecule has 0 radical (unpaired) electrons. The molecule has 0 aliphatic carbocycles. The lowest BCUT2D eigenvalue weighted by molar-refractivity contribution is 0.144. The first-order valence-electron chi connectivity index (χ1n) is 3.73. The maximum absolute atomic E-state index is 12.5. The smallest absolute Gasteiger partial charge is 0.280 e. The van der Waals surface area contributed by atoms with E-state index in [0.717, 1.165) is 0 Å². The molecule has 1 N–H and O–H groups in total. The molecule has 1 rings (SSSR count). The van der Waals surface area contributed by atoms with Crippen molar-refractivity contribution in [3.05, 3.63) is 28.0 Å². The predicted molar refractivity (Wildman–Crippen MR) is 52.8 cm³/mol. The number of rotatable bonds is 3. The summed E-state index contributed by atoms with van der Waals surface area (Å²) >= 11 is 8.60. The number of aliphatic hydroxyl groups excluding tert-OH is 1. The molecule has 1 aromatic heterocycles. The molecular weight excluding hydrogens is 279 g/mol. The van der Waals surface area contributed by atoms with Crippen LogP contribution in [0, 0.1) is 0 Å². The first-order chi connectivity index (χ1) is 6.60. The zero-order chi connectivity index (χ0) is 10.7. The standard InChI is InChI=1S/C8H7BrClF2NO/c9-2-5-4(3-14)1-6(10)13-7(5)8(11)12/h1,8,14H,2-3H2. The maximum atomic E-state index is 12.5. The first kappa shape index (κ1) is 11.8. The maximum Gasteiger partial charge on any atom is 0.280 e. The minimum atomic E-state index is -2.69. The van der Waals surface area contributed by atoms with E-state index < -0.39 is 6.43 Å². The molecular formula is C8H7BrClF2NO. The Labute approximate surface area is 93.0 Å². The molecule has 0 fully saturated rings. The van der Waals surface area contributed by atoms with Gasteiger partial charge in [0.1, 0.15) is 10.8 Å². The summed E-state index contributed by atoms with van der Waals surface area (Å²) in [4.78, 5) is 3.53. The third kappa shape index (κ3) is 2.40. The van der Waals surface area contributed by atoms with Gasteiger partial charge in [0.15, 0.2) is 0 Å². The molecule has 1 heterocycles. The van der Waals surface area contributed by atoms with Crippen LogP contribution < -0.4 is 0 Å². The van der Waals surface area contributed by atoms with Crippen LogP contribution in [-0.2, 0) is 11.9 Å². The highest BCUT2D eigenvalue weighted by molar-refractivity contribution is 9.08. The van der Waals surface area contributed by atoms with Gasteiger partial charge in [0.05, 0.1) is 6.61 Å². The third-order valence-electron chi connectivity index (χ3n) is 1.73. The van der Waals surface area contributed by atoms with Crippen LogP contribution in [0.25, 0.3) is 0 Å². The number of hydrogen-bond acceptors (Lipinski definition) is 2. The van der Waals surface area contributed by atoms with Crippen LogP contribution in [0.5, 0.6) is 0 Å². The van der Waals surface area contributed by atoms with Crippen LogP contribution >= 0.6 is 27.5 Å². The Bertz CT molecular complexity index is 335. The molecule has 2 nitrogen and oxygen atoms in total. The van der Waals surface area contributed by atoms with Crippen molar-refractivity contribution in [1.82, 2.24) is 4.98 Å². The van der Waals surface area contributed by atoms with Gasteiger partial charge in [-0.15, -0.1) is 0 Å². The monoisotopic (exact) mass is 285 g/mol. The predicted octanol–water partition coefficient (Wildman–Crippen LogP) is 3.06. The van der Waals surface area contributed by atoms with Gasteiger partial charge in [-0.05, 0) is 17.2 Å². The summed E-state index contributed by atoms with van der Waals surface area (Å²) in [5.41, 5.74) is 0.294. The highest BCUT2D eigenvalue weighted by atomic mass is 79.9. The molecule has 0 saturated carbocycles. The summed E-state index contributed by atoms with van der Waals surface area (Å²) < 4.78 is 25.0. The van der Waals surface area contributed by atoms with Crippen molar-refractivity contribution >= 4 is 27.5 Å². The number of aliphatic hydroxyl groups is 1. The van der Waals surface area contributed by atoms with Crippen LogP contribution in [0.3, 0.4) is 0 Å². The molecule has 14 heavy (non-hydrogen) atoms. The van der Waals surface area contributed by atoms with Crippen molar-refractivity contribution in [2.45, 2.75) is 18.4 Å². The summed E-state index contributed by atoms with van der Waals surface area (Å²) in [6.07, 6.45) is -2.69. The summed E-state index contributed by atoms with van der Waals surface area (Å²) in [6.45, 7) is -0.330. The molecule has 0 bridgehead atoms. The van der Waals surface area contributed by atoms with E-state index >= 15 is 0 Å². The Hall–Kier alpha value is -0.260. The number of halogens is 4. The zero-order valence-electron chi connectivity index (χ0n) is 6.98. The lowest BCUT2D eigenvalue weighted by Gasteiger charge is -2.10. The fraction of sp³-hybridized carbons (Fsp3) is 0.375. The number of aromatic nitrogens is 1. The molecule has 0 unspecified atom stereocenters. The van der Waals surface area contributed by atoms with Gasteiger partial charge < -0.3 is 5.11 Å². The SMILES string of the molecule is OCc1cc(Cl)nc(C(F)F)c1CBr. The zero-order valence-corrected chi connectivity index (χ0v) is 9.32. The van der Waals surface area contributed by atoms with Crippen molar-refractivity contribution in [2.24, 2.45) is 0 Å². The number of nitrogens with zero attached hydrogens (tertiary/aromatic N) is 1. The van der Waals surface area contributed by atoms with E-state index in [1.165, 1.54) is 6.07 Å². The van der Waals surface area contributed by atoms with Crippen molar-refractivity contribution in [3.63, 3.8) is 0 Å². The number of pyridine rings is 1. The average Bonchev–Trinajstić information content (AvgIpc) is 2.16. The normalized spacial score (nSPS) is 11.0. The van der Waals surface area contributed by atoms with Gasteiger partial charge in [0, 0.05) is 5.33 Å². The number of alkyl halides is 3. The summed E-state index contributed by atoms with van der Waals surface area (Å²) in [5.74, 6) is 0. The molecule has 0 aliphatic rings. The minimum absolute atomic E-state index is 0.0333. The molecule has 0 aliphatic heterocycles. The van der Waals surface area contributed by atoms with Crippen molar-refractivity contribution in [3.8, 4) is 0 Å². The minimum Gasteiger partial charge on any atom is -0.392 e. The van der Waals surface area contributed by atoms with Gasteiger partial charge in [-0.1, -0.05) is 27.5 Å². The number of hydrogen-bond donors (Lipinski definition) is 1. The van der Waals surface area contributed by atoms with Gasteiger partial charge in [-0.3, -0.25) is 0 Å². The molecule has 0 saturated heterocycles. The van der Waals surface area contributed by atoms with Crippen LogP contribution in [0.1, 0.15) is 23.2 Å². The van der Waals surface area contributed by atoms with Crippen LogP contribution in [0.4, 0.5) is 8.78 Å². The molecule has 6 heteroatoms. The van der Waals surface area contributed by atoms with Gasteiger partial charge >= 0.3 is 0 Å². The largest absolute Gasteiger partial charge is 0.392 e.